The highest BCUT2D eigenvalue weighted by Crippen LogP contribution is 2.46. The molecule has 0 unspecified atom stereocenters. The van der Waals surface area contributed by atoms with E-state index in [1.807, 2.05) is 63.7 Å². The van der Waals surface area contributed by atoms with E-state index in [0.29, 0.717) is 96.1 Å². The molecule has 0 bridgehead atoms. The minimum Gasteiger partial charge on any atom is -0.374 e. The van der Waals surface area contributed by atoms with Crippen LogP contribution in [-0.2, 0) is 37.1 Å². The second kappa shape index (κ2) is 48.6. The third kappa shape index (κ3) is 27.0. The van der Waals surface area contributed by atoms with Gasteiger partial charge in [-0.25, -0.2) is 24.9 Å². The molecule has 8 saturated heterocycles. The Morgan fingerprint density at radius 2 is 0.707 bits per heavy atom. The summed E-state index contributed by atoms with van der Waals surface area (Å²) in [5.41, 5.74) is 23.1. The Balaban J connectivity index is 0.000000133. The lowest BCUT2D eigenvalue weighted by molar-refractivity contribution is -0.119. The van der Waals surface area contributed by atoms with Crippen LogP contribution in [-0.4, -0.2) is 225 Å². The molecule has 0 saturated carbocycles. The van der Waals surface area contributed by atoms with Gasteiger partial charge in [-0.15, -0.1) is 76.4 Å². The van der Waals surface area contributed by atoms with Gasteiger partial charge in [-0.3, -0.25) is 34.2 Å². The third-order valence-corrected chi connectivity index (χ3v) is 36.3. The van der Waals surface area contributed by atoms with Crippen molar-refractivity contribution in [3.63, 3.8) is 0 Å². The third-order valence-electron chi connectivity index (χ3n) is 30.3. The summed E-state index contributed by atoms with van der Waals surface area (Å²) in [6.45, 7) is 76.1. The highest BCUT2D eigenvalue weighted by atomic mass is 32.1. The molecule has 21 heteroatoms. The molecule has 8 fully saturated rings. The van der Waals surface area contributed by atoms with Gasteiger partial charge in [0.1, 0.15) is 0 Å². The maximum Gasteiger partial charge on any atom is 0.217 e. The van der Waals surface area contributed by atoms with E-state index >= 15 is 0 Å². The molecular formula is C119H161N15OS5. The highest BCUT2D eigenvalue weighted by molar-refractivity contribution is 7.16. The molecule has 748 valence electrons. The molecule has 5 aromatic heterocycles. The van der Waals surface area contributed by atoms with Crippen LogP contribution in [0.15, 0.2) is 195 Å². The van der Waals surface area contributed by atoms with Crippen LogP contribution >= 0.6 is 56.7 Å². The van der Waals surface area contributed by atoms with Crippen molar-refractivity contribution in [2.24, 2.45) is 5.92 Å². The average molecular weight is 1980 g/mol. The fourth-order valence-corrected chi connectivity index (χ4v) is 25.4. The maximum absolute atomic E-state index is 11.0. The van der Waals surface area contributed by atoms with Gasteiger partial charge in [0, 0.05) is 239 Å². The quantitative estimate of drug-likeness (QED) is 0.0371. The largest absolute Gasteiger partial charge is 0.374 e. The lowest BCUT2D eigenvalue weighted by Crippen LogP contribution is -2.48. The number of likely N-dealkylation sites (N-methyl/N-ethyl adjacent to an activating group) is 1. The van der Waals surface area contributed by atoms with Crippen molar-refractivity contribution >= 4 is 73.4 Å². The van der Waals surface area contributed by atoms with Gasteiger partial charge in [-0.2, -0.15) is 0 Å². The predicted molar refractivity (Wildman–Crippen MR) is 599 cm³/mol. The Kier molecular flexibility index (Phi) is 36.7. The van der Waals surface area contributed by atoms with Gasteiger partial charge in [0.25, 0.3) is 0 Å². The van der Waals surface area contributed by atoms with Crippen LogP contribution in [0.1, 0.15) is 274 Å². The lowest BCUT2D eigenvalue weighted by atomic mass is 9.84. The molecule has 6 aromatic carbocycles. The number of thiazole rings is 5. The first kappa shape index (κ1) is 106. The highest BCUT2D eigenvalue weighted by Gasteiger charge is 2.39. The molecule has 8 aliphatic rings. The number of hydrogen-bond acceptors (Lipinski definition) is 20. The van der Waals surface area contributed by atoms with Gasteiger partial charge in [-0.05, 0) is 289 Å². The minimum atomic E-state index is -0.00447. The molecule has 2 N–H and O–H groups in total. The standard InChI is InChI=1S/C26H37N3S.C26H33N3S.C25H35N3S.C24H33N3S.C18H23N3OS/c1-17(2)7-8-20-9-10-21(11-24(20)22-13-28(14-22)18(3)4)25-12-27-26(30-25)23-15-29(16-23)19(5)6;1-17(2)19(5)28(6)14-20-11-12-24(23-10-8-7-9-22(20)23)25-13-27-26(30-25)21-15-29(16-21)18(3)4;1-17(2)5-6-19-7-8-21(13-23(19)20-9-11-26-12-10-20)24-14-27-25(29-24)22-15-28(16-22)18(3)4;1-16(2)6-7-18-8-9-19(10-22(18)20-12-26(5)13-20)23-11-25-24(28-23)21-14-27(15-21)17(3)4;1-12(2)21-10-16(11-21)18-20-9-17(23-18)15-6-4-5-14(7-15)8-19-13(3)22/h9-12,18-19,22-23H,1,7-8,13-16H2,2-6H3;7-13,17-18,21H,5,14-16H2,1-4,6H3;7-8,13-14,18,20,22,26H,1,5-6,9-12,15-16H2,2-4H3;8-11,17,20-21H,1,6-7,12-15H2,2-5H3;4-7,9,12,16H,8,10-11H2,1-3H3,(H,19,22). The molecule has 11 aromatic rings. The number of rotatable bonds is 34. The number of carbonyl (C=O) groups excluding carboxylic acids is 1. The van der Waals surface area contributed by atoms with Crippen LogP contribution in [0.2, 0.25) is 0 Å². The number of allylic oxidation sites excluding steroid dienone is 4. The molecule has 0 aliphatic carbocycles. The summed E-state index contributed by atoms with van der Waals surface area (Å²) in [6, 6.07) is 46.9. The van der Waals surface area contributed by atoms with Gasteiger partial charge < -0.3 is 20.4 Å². The summed E-state index contributed by atoms with van der Waals surface area (Å²) in [5.74, 6) is 5.48. The summed E-state index contributed by atoms with van der Waals surface area (Å²) >= 11 is 9.34. The first-order valence-corrected chi connectivity index (χ1v) is 56.4. The number of likely N-dealkylation sites (tertiary alicyclic amines) is 7. The van der Waals surface area contributed by atoms with Crippen molar-refractivity contribution in [1.82, 2.24) is 74.8 Å². The van der Waals surface area contributed by atoms with E-state index in [0.717, 1.165) is 129 Å². The van der Waals surface area contributed by atoms with E-state index < -0.39 is 0 Å². The molecule has 140 heavy (non-hydrogen) atoms. The van der Waals surface area contributed by atoms with Crippen LogP contribution in [0.4, 0.5) is 0 Å². The zero-order valence-corrected chi connectivity index (χ0v) is 92.1. The molecule has 19 rings (SSSR count). The first-order valence-electron chi connectivity index (χ1n) is 52.3. The van der Waals surface area contributed by atoms with Crippen molar-refractivity contribution in [2.75, 3.05) is 119 Å². The summed E-state index contributed by atoms with van der Waals surface area (Å²) in [4.78, 5) is 61.1. The average Bonchev–Trinajstić information content (AvgIpc) is 1.63. The number of carbonyl (C=O) groups is 1. The normalized spacial score (nSPS) is 17.6. The number of amides is 1. The van der Waals surface area contributed by atoms with Crippen molar-refractivity contribution < 1.29 is 4.79 Å². The Bertz CT molecular complexity index is 5970. The van der Waals surface area contributed by atoms with Gasteiger partial charge in [0.2, 0.25) is 5.91 Å². The number of fused-ring (bicyclic) bond motifs is 1. The monoisotopic (exact) mass is 1980 g/mol. The second-order valence-electron chi connectivity index (χ2n) is 43.8. The van der Waals surface area contributed by atoms with E-state index in [9.17, 15) is 4.79 Å². The van der Waals surface area contributed by atoms with Crippen molar-refractivity contribution in [3.05, 3.63) is 265 Å². The Morgan fingerprint density at radius 3 is 1.05 bits per heavy atom. The van der Waals surface area contributed by atoms with Crippen LogP contribution in [0.5, 0.6) is 0 Å². The van der Waals surface area contributed by atoms with Crippen molar-refractivity contribution in [1.29, 1.82) is 0 Å². The van der Waals surface area contributed by atoms with Gasteiger partial charge >= 0.3 is 0 Å². The van der Waals surface area contributed by atoms with E-state index in [4.69, 9.17) is 19.9 Å². The number of nitrogens with one attached hydrogen (secondary N) is 2. The Hall–Kier alpha value is -8.36. The van der Waals surface area contributed by atoms with E-state index in [1.54, 1.807) is 35.0 Å². The van der Waals surface area contributed by atoms with Crippen molar-refractivity contribution in [2.45, 2.75) is 273 Å². The first-order chi connectivity index (χ1) is 67.1. The molecule has 1 amide bonds. The number of aryl methyl sites for hydroxylation is 3. The topological polar surface area (TPSA) is 132 Å². The smallest absolute Gasteiger partial charge is 0.217 e. The molecule has 13 heterocycles. The molecule has 16 nitrogen and oxygen atoms in total. The number of benzene rings is 6. The summed E-state index contributed by atoms with van der Waals surface area (Å²) in [7, 11) is 4.35. The van der Waals surface area contributed by atoms with E-state index in [2.05, 4.69) is 341 Å². The number of piperidine rings is 1. The lowest BCUT2D eigenvalue weighted by Gasteiger charge is -2.43. The van der Waals surface area contributed by atoms with E-state index in [1.165, 1.54) is 172 Å². The van der Waals surface area contributed by atoms with Crippen molar-refractivity contribution in [3.8, 4) is 52.2 Å². The van der Waals surface area contributed by atoms with Gasteiger partial charge in [0.15, 0.2) is 0 Å². The van der Waals surface area contributed by atoms with E-state index in [-0.39, 0.29) is 5.91 Å². The fourth-order valence-electron chi connectivity index (χ4n) is 20.3. The Labute approximate surface area is 860 Å². The van der Waals surface area contributed by atoms with Crippen LogP contribution in [0, 0.1) is 5.92 Å². The zero-order valence-electron chi connectivity index (χ0n) is 88.0. The minimum absolute atomic E-state index is 0.00447. The molecule has 0 radical (unpaired) electrons. The predicted octanol–water partition coefficient (Wildman–Crippen LogP) is 26.3. The molecule has 0 spiro atoms. The second-order valence-corrected chi connectivity index (χ2v) is 49.1. The number of nitrogens with zero attached hydrogens (tertiary/aromatic N) is 13. The Morgan fingerprint density at radius 1 is 0.386 bits per heavy atom. The maximum atomic E-state index is 11.0. The SMILES string of the molecule is C=C(C(C)C)N(C)Cc1ccc(-c2cnc(C3CN(C(C)C)C3)s2)c2ccccc12.C=C(C)CCc1ccc(-c2cnc(C3CN(C(C)C)C3)s2)cc1C1CCNCC1.C=C(C)CCc1ccc(-c2cnc(C3CN(C(C)C)C3)s2)cc1C1CN(C(C)C)C1.C=C(C)CCc1ccc(-c2cnc(C3CN(C(C)C)C3)s2)cc1C1CN(C)C1.CC(=O)NCc1cccc(-c2cnc(C3CN(C(C)C)C3)s2)c1. The fraction of sp³-hybridized carbons (Fsp3) is 0.513. The molecule has 0 atom stereocenters. The molecule has 8 aliphatic heterocycles. The van der Waals surface area contributed by atoms with Crippen LogP contribution in [0.25, 0.3) is 63.0 Å². The van der Waals surface area contributed by atoms with Gasteiger partial charge in [-0.1, -0.05) is 128 Å². The number of hydrogen-bond donors (Lipinski definition) is 2. The summed E-state index contributed by atoms with van der Waals surface area (Å²) in [6.07, 6.45) is 19.4. The number of aromatic nitrogens is 5. The van der Waals surface area contributed by atoms with Crippen LogP contribution in [0.3, 0.4) is 0 Å². The summed E-state index contributed by atoms with van der Waals surface area (Å²) < 4.78 is 0. The molecular weight excluding hydrogens is 1820 g/mol. The van der Waals surface area contributed by atoms with Gasteiger partial charge in [0.05, 0.1) is 49.4 Å². The van der Waals surface area contributed by atoms with Crippen LogP contribution < -0.4 is 10.6 Å². The summed E-state index contributed by atoms with van der Waals surface area (Å²) in [5, 5.41) is 15.4. The zero-order chi connectivity index (χ0) is 99.4.